The largest absolute Gasteiger partial charge is 0.497 e. The van der Waals surface area contributed by atoms with Gasteiger partial charge in [-0.2, -0.15) is 0 Å². The molecule has 0 aliphatic heterocycles. The zero-order valence-electron chi connectivity index (χ0n) is 18.6. The van der Waals surface area contributed by atoms with E-state index in [0.29, 0.717) is 36.9 Å². The Bertz CT molecular complexity index is 1280. The normalized spacial score (nSPS) is 10.9. The second kappa shape index (κ2) is 10.7. The topological polar surface area (TPSA) is 116 Å². The van der Waals surface area contributed by atoms with Gasteiger partial charge in [-0.25, -0.2) is 14.4 Å². The van der Waals surface area contributed by atoms with Gasteiger partial charge in [0.05, 0.1) is 37.8 Å². The van der Waals surface area contributed by atoms with Gasteiger partial charge in [-0.1, -0.05) is 0 Å². The molecule has 0 spiro atoms. The van der Waals surface area contributed by atoms with E-state index in [9.17, 15) is 9.18 Å². The Morgan fingerprint density at radius 1 is 1.15 bits per heavy atom. The molecule has 34 heavy (non-hydrogen) atoms. The van der Waals surface area contributed by atoms with Crippen molar-refractivity contribution in [2.45, 2.75) is 0 Å². The highest BCUT2D eigenvalue weighted by Crippen LogP contribution is 2.27. The second-order valence-corrected chi connectivity index (χ2v) is 7.32. The third kappa shape index (κ3) is 5.13. The molecule has 0 aliphatic carbocycles. The molecule has 10 heteroatoms. The zero-order valence-corrected chi connectivity index (χ0v) is 18.6. The van der Waals surface area contributed by atoms with Crippen LogP contribution in [-0.2, 0) is 4.74 Å². The lowest BCUT2D eigenvalue weighted by atomic mass is 10.1. The van der Waals surface area contributed by atoms with E-state index in [1.165, 1.54) is 12.1 Å². The van der Waals surface area contributed by atoms with Crippen molar-refractivity contribution in [3.8, 4) is 17.0 Å². The Kier molecular flexibility index (Phi) is 7.31. The molecule has 0 saturated heterocycles. The summed E-state index contributed by atoms with van der Waals surface area (Å²) in [5.74, 6) is 0.0502. The van der Waals surface area contributed by atoms with Crippen molar-refractivity contribution in [1.29, 1.82) is 0 Å². The van der Waals surface area contributed by atoms with Crippen LogP contribution in [0.1, 0.15) is 10.4 Å². The fraction of sp³-hybridized carbons (Fsp3) is 0.208. The van der Waals surface area contributed by atoms with Crippen LogP contribution in [0.5, 0.6) is 5.75 Å². The molecule has 0 saturated carbocycles. The van der Waals surface area contributed by atoms with Crippen LogP contribution in [0.15, 0.2) is 61.1 Å². The van der Waals surface area contributed by atoms with Gasteiger partial charge in [-0.3, -0.25) is 9.20 Å². The summed E-state index contributed by atoms with van der Waals surface area (Å²) in [5.41, 5.74) is 8.13. The number of carbonyl (C=O) groups excluding carboxylic acids is 1. The second-order valence-electron chi connectivity index (χ2n) is 7.32. The molecule has 0 unspecified atom stereocenters. The maximum absolute atomic E-state index is 14.6. The number of nitrogens with two attached hydrogens (primary N) is 1. The number of anilines is 2. The number of imidazole rings is 1. The summed E-state index contributed by atoms with van der Waals surface area (Å²) in [4.78, 5) is 21.1. The molecule has 0 radical (unpaired) electrons. The molecule has 1 amide bonds. The Labute approximate surface area is 195 Å². The highest BCUT2D eigenvalue weighted by Gasteiger charge is 2.14. The number of nitrogens with zero attached hydrogens (tertiary/aromatic N) is 3. The van der Waals surface area contributed by atoms with Gasteiger partial charge >= 0.3 is 0 Å². The van der Waals surface area contributed by atoms with Crippen LogP contribution in [0.2, 0.25) is 0 Å². The fourth-order valence-electron chi connectivity index (χ4n) is 3.41. The van der Waals surface area contributed by atoms with E-state index in [4.69, 9.17) is 15.2 Å². The molecule has 4 rings (SSSR count). The van der Waals surface area contributed by atoms with E-state index < -0.39 is 11.7 Å². The molecule has 176 valence electrons. The maximum Gasteiger partial charge on any atom is 0.254 e. The zero-order chi connectivity index (χ0) is 23.9. The fourth-order valence-corrected chi connectivity index (χ4v) is 3.41. The van der Waals surface area contributed by atoms with Gasteiger partial charge in [0.2, 0.25) is 0 Å². The lowest BCUT2D eigenvalue weighted by Gasteiger charge is -2.10. The van der Waals surface area contributed by atoms with Crippen molar-refractivity contribution >= 4 is 23.1 Å². The molecular weight excluding hydrogens is 439 g/mol. The molecule has 2 heterocycles. The van der Waals surface area contributed by atoms with Crippen LogP contribution in [0.25, 0.3) is 16.9 Å². The standard InChI is InChI=1S/C24H25FN6O3/c1-33-18-5-2-16(3-6-18)21-15-29-23-22(27-9-11-31(21)23)30-17-4-7-19(20(25)14-17)24(32)28-10-13-34-12-8-26/h2-7,9,11,14-15H,8,10,12-13,26H2,1H3,(H,27,30)(H,28,32). The summed E-state index contributed by atoms with van der Waals surface area (Å²) in [6, 6.07) is 11.9. The van der Waals surface area contributed by atoms with Crippen LogP contribution < -0.4 is 21.1 Å². The number of rotatable bonds is 10. The molecule has 0 atom stereocenters. The number of amides is 1. The summed E-state index contributed by atoms with van der Waals surface area (Å²) >= 11 is 0. The van der Waals surface area contributed by atoms with Crippen LogP contribution in [0.4, 0.5) is 15.9 Å². The SMILES string of the molecule is COc1ccc(-c2cnc3c(Nc4ccc(C(=O)NCCOCCN)c(F)c4)nccn23)cc1. The average molecular weight is 465 g/mol. The third-order valence-corrected chi connectivity index (χ3v) is 5.08. The summed E-state index contributed by atoms with van der Waals surface area (Å²) < 4.78 is 26.9. The lowest BCUT2D eigenvalue weighted by Crippen LogP contribution is -2.28. The van der Waals surface area contributed by atoms with Crippen LogP contribution in [0, 0.1) is 5.82 Å². The number of aromatic nitrogens is 3. The van der Waals surface area contributed by atoms with Crippen molar-refractivity contribution < 1.29 is 18.7 Å². The monoisotopic (exact) mass is 464 g/mol. The molecule has 4 aromatic rings. The summed E-state index contributed by atoms with van der Waals surface area (Å²) in [7, 11) is 1.62. The number of methoxy groups -OCH3 is 1. The molecule has 0 bridgehead atoms. The number of halogens is 1. The van der Waals surface area contributed by atoms with E-state index in [2.05, 4.69) is 20.6 Å². The average Bonchev–Trinajstić information content (AvgIpc) is 3.29. The van der Waals surface area contributed by atoms with Gasteiger partial charge in [-0.15, -0.1) is 0 Å². The minimum atomic E-state index is -0.653. The van der Waals surface area contributed by atoms with Gasteiger partial charge in [0.15, 0.2) is 11.5 Å². The first kappa shape index (κ1) is 23.1. The van der Waals surface area contributed by atoms with Crippen molar-refractivity contribution in [3.63, 3.8) is 0 Å². The molecule has 2 aromatic carbocycles. The number of nitrogens with one attached hydrogen (secondary N) is 2. The first-order valence-electron chi connectivity index (χ1n) is 10.7. The van der Waals surface area contributed by atoms with Gasteiger partial charge in [0.1, 0.15) is 11.6 Å². The number of hydrogen-bond donors (Lipinski definition) is 3. The first-order valence-corrected chi connectivity index (χ1v) is 10.7. The maximum atomic E-state index is 14.6. The third-order valence-electron chi connectivity index (χ3n) is 5.08. The van der Waals surface area contributed by atoms with Crippen LogP contribution >= 0.6 is 0 Å². The summed E-state index contributed by atoms with van der Waals surface area (Å²) in [6.45, 7) is 1.38. The summed E-state index contributed by atoms with van der Waals surface area (Å²) in [6.07, 6.45) is 5.18. The van der Waals surface area contributed by atoms with E-state index in [1.54, 1.807) is 31.8 Å². The molecule has 4 N–H and O–H groups in total. The van der Waals surface area contributed by atoms with E-state index in [1.807, 2.05) is 28.7 Å². The highest BCUT2D eigenvalue weighted by molar-refractivity contribution is 5.95. The van der Waals surface area contributed by atoms with Crippen LogP contribution in [-0.4, -0.2) is 53.7 Å². The minimum Gasteiger partial charge on any atom is -0.497 e. The Balaban J connectivity index is 1.50. The molecule has 0 fully saturated rings. The number of carbonyl (C=O) groups is 1. The quantitative estimate of drug-likeness (QED) is 0.309. The minimum absolute atomic E-state index is 0.0573. The first-order chi connectivity index (χ1) is 16.6. The molecular formula is C24H25FN6O3. The van der Waals surface area contributed by atoms with E-state index in [0.717, 1.165) is 17.0 Å². The predicted molar refractivity (Wildman–Crippen MR) is 127 cm³/mol. The number of fused-ring (bicyclic) bond motifs is 1. The highest BCUT2D eigenvalue weighted by atomic mass is 19.1. The van der Waals surface area contributed by atoms with Gasteiger partial charge < -0.3 is 25.8 Å². The Morgan fingerprint density at radius 2 is 1.97 bits per heavy atom. The number of hydrogen-bond acceptors (Lipinski definition) is 7. The van der Waals surface area contributed by atoms with Crippen LogP contribution in [0.3, 0.4) is 0 Å². The Morgan fingerprint density at radius 3 is 2.71 bits per heavy atom. The molecule has 2 aromatic heterocycles. The Hall–Kier alpha value is -4.02. The summed E-state index contributed by atoms with van der Waals surface area (Å²) in [5, 5.41) is 5.70. The number of ether oxygens (including phenoxy) is 2. The smallest absolute Gasteiger partial charge is 0.254 e. The van der Waals surface area contributed by atoms with E-state index in [-0.39, 0.29) is 12.1 Å². The molecule has 9 nitrogen and oxygen atoms in total. The number of benzene rings is 2. The molecule has 0 aliphatic rings. The van der Waals surface area contributed by atoms with Gasteiger partial charge in [0, 0.05) is 36.7 Å². The van der Waals surface area contributed by atoms with Crippen molar-refractivity contribution in [3.05, 3.63) is 72.4 Å². The predicted octanol–water partition coefficient (Wildman–Crippen LogP) is 2.99. The van der Waals surface area contributed by atoms with Gasteiger partial charge in [0.25, 0.3) is 5.91 Å². The lowest BCUT2D eigenvalue weighted by molar-refractivity contribution is 0.0916. The van der Waals surface area contributed by atoms with Crippen molar-refractivity contribution in [1.82, 2.24) is 19.7 Å². The van der Waals surface area contributed by atoms with E-state index >= 15 is 0 Å². The van der Waals surface area contributed by atoms with Gasteiger partial charge in [-0.05, 0) is 42.5 Å². The van der Waals surface area contributed by atoms with Crippen molar-refractivity contribution in [2.24, 2.45) is 5.73 Å². The van der Waals surface area contributed by atoms with Crippen molar-refractivity contribution in [2.75, 3.05) is 38.7 Å².